The van der Waals surface area contributed by atoms with Crippen LogP contribution in [-0.2, 0) is 0 Å². The van der Waals surface area contributed by atoms with Crippen LogP contribution in [0.3, 0.4) is 0 Å². The third-order valence-electron chi connectivity index (χ3n) is 2.93. The van der Waals surface area contributed by atoms with Crippen LogP contribution in [0.25, 0.3) is 0 Å². The van der Waals surface area contributed by atoms with Crippen molar-refractivity contribution >= 4 is 0 Å². The highest BCUT2D eigenvalue weighted by Crippen LogP contribution is 2.24. The zero-order valence-electron chi connectivity index (χ0n) is 10.8. The molecule has 0 saturated carbocycles. The molecule has 0 aliphatic carbocycles. The Balaban J connectivity index is 2.71. The van der Waals surface area contributed by atoms with Crippen LogP contribution < -0.4 is 10.5 Å². The number of benzene rings is 1. The summed E-state index contributed by atoms with van der Waals surface area (Å²) in [6.07, 6.45) is 2.22. The Labute approximate surface area is 98.8 Å². The van der Waals surface area contributed by atoms with Crippen LogP contribution in [0.1, 0.15) is 43.9 Å². The van der Waals surface area contributed by atoms with Gasteiger partial charge in [0.2, 0.25) is 0 Å². The quantitative estimate of drug-likeness (QED) is 0.826. The Kier molecular flexibility index (Phi) is 4.81. The minimum atomic E-state index is 0.147. The van der Waals surface area contributed by atoms with E-state index in [4.69, 9.17) is 10.5 Å². The zero-order valence-corrected chi connectivity index (χ0v) is 10.8. The van der Waals surface area contributed by atoms with E-state index in [1.54, 1.807) is 7.11 Å². The lowest BCUT2D eigenvalue weighted by atomic mass is 9.95. The van der Waals surface area contributed by atoms with E-state index in [2.05, 4.69) is 26.8 Å². The maximum atomic E-state index is 6.19. The average Bonchev–Trinajstić information content (AvgIpc) is 2.25. The number of hydrogen-bond acceptors (Lipinski definition) is 2. The van der Waals surface area contributed by atoms with Crippen molar-refractivity contribution in [2.75, 3.05) is 7.11 Å². The molecule has 1 aromatic rings. The molecule has 1 atom stereocenters. The summed E-state index contributed by atoms with van der Waals surface area (Å²) in [4.78, 5) is 0. The van der Waals surface area contributed by atoms with Gasteiger partial charge in [0.15, 0.2) is 0 Å². The summed E-state index contributed by atoms with van der Waals surface area (Å²) in [5.74, 6) is 1.61. The van der Waals surface area contributed by atoms with Crippen LogP contribution in [-0.4, -0.2) is 7.11 Å². The molecule has 16 heavy (non-hydrogen) atoms. The molecule has 0 spiro atoms. The molecule has 0 heterocycles. The van der Waals surface area contributed by atoms with Crippen molar-refractivity contribution in [2.45, 2.75) is 39.7 Å². The van der Waals surface area contributed by atoms with E-state index >= 15 is 0 Å². The van der Waals surface area contributed by atoms with E-state index in [1.807, 2.05) is 12.1 Å². The van der Waals surface area contributed by atoms with Gasteiger partial charge in [0, 0.05) is 6.04 Å². The Morgan fingerprint density at radius 2 is 1.94 bits per heavy atom. The molecule has 1 rings (SSSR count). The summed E-state index contributed by atoms with van der Waals surface area (Å²) < 4.78 is 5.19. The van der Waals surface area contributed by atoms with Gasteiger partial charge in [-0.3, -0.25) is 0 Å². The lowest BCUT2D eigenvalue weighted by Gasteiger charge is -2.16. The van der Waals surface area contributed by atoms with Crippen molar-refractivity contribution in [3.8, 4) is 5.75 Å². The number of rotatable bonds is 5. The molecule has 0 unspecified atom stereocenters. The maximum absolute atomic E-state index is 6.19. The molecule has 0 amide bonds. The molecule has 2 heteroatoms. The van der Waals surface area contributed by atoms with Crippen molar-refractivity contribution in [3.05, 3.63) is 29.3 Å². The monoisotopic (exact) mass is 221 g/mol. The van der Waals surface area contributed by atoms with Crippen molar-refractivity contribution < 1.29 is 4.74 Å². The molecule has 0 bridgehead atoms. The van der Waals surface area contributed by atoms with E-state index < -0.39 is 0 Å². The Bertz CT molecular complexity index is 334. The first-order valence-electron chi connectivity index (χ1n) is 5.94. The van der Waals surface area contributed by atoms with E-state index in [0.717, 1.165) is 12.2 Å². The summed E-state index contributed by atoms with van der Waals surface area (Å²) in [5.41, 5.74) is 8.65. The molecule has 0 aliphatic rings. The predicted molar refractivity (Wildman–Crippen MR) is 68.7 cm³/mol. The molecule has 2 N–H and O–H groups in total. The molecule has 0 fully saturated rings. The largest absolute Gasteiger partial charge is 0.497 e. The molecule has 1 aromatic carbocycles. The first-order chi connectivity index (χ1) is 7.54. The van der Waals surface area contributed by atoms with Crippen LogP contribution in [0.15, 0.2) is 18.2 Å². The van der Waals surface area contributed by atoms with Crippen molar-refractivity contribution in [2.24, 2.45) is 11.7 Å². The second-order valence-electron chi connectivity index (χ2n) is 4.80. The predicted octanol–water partition coefficient (Wildman–Crippen LogP) is 3.44. The van der Waals surface area contributed by atoms with Crippen LogP contribution in [0, 0.1) is 12.8 Å². The van der Waals surface area contributed by atoms with Gasteiger partial charge in [-0.2, -0.15) is 0 Å². The smallest absolute Gasteiger partial charge is 0.119 e. The van der Waals surface area contributed by atoms with Crippen LogP contribution >= 0.6 is 0 Å². The van der Waals surface area contributed by atoms with Gasteiger partial charge in [-0.25, -0.2) is 0 Å². The van der Waals surface area contributed by atoms with E-state index in [0.29, 0.717) is 5.92 Å². The number of methoxy groups -OCH3 is 1. The number of nitrogens with two attached hydrogens (primary N) is 1. The summed E-state index contributed by atoms with van der Waals surface area (Å²) in [7, 11) is 1.69. The molecule has 0 aromatic heterocycles. The van der Waals surface area contributed by atoms with Gasteiger partial charge in [0.1, 0.15) is 5.75 Å². The first-order valence-corrected chi connectivity index (χ1v) is 5.94. The highest BCUT2D eigenvalue weighted by Gasteiger charge is 2.10. The summed E-state index contributed by atoms with van der Waals surface area (Å²) in [5, 5.41) is 0. The fourth-order valence-corrected chi connectivity index (χ4v) is 1.86. The maximum Gasteiger partial charge on any atom is 0.119 e. The normalized spacial score (nSPS) is 12.9. The standard InChI is InChI=1S/C14H23NO/c1-10(2)5-8-14(15)13-7-6-12(16-4)9-11(13)3/h6-7,9-10,14H,5,8,15H2,1-4H3/t14-/m0/s1. The molecule has 2 nitrogen and oxygen atoms in total. The zero-order chi connectivity index (χ0) is 12.1. The van der Waals surface area contributed by atoms with Crippen LogP contribution in [0.5, 0.6) is 5.75 Å². The fourth-order valence-electron chi connectivity index (χ4n) is 1.86. The molecule has 0 saturated heterocycles. The van der Waals surface area contributed by atoms with Crippen LogP contribution in [0.2, 0.25) is 0 Å². The third kappa shape index (κ3) is 3.53. The number of aryl methyl sites for hydroxylation is 1. The highest BCUT2D eigenvalue weighted by atomic mass is 16.5. The van der Waals surface area contributed by atoms with Gasteiger partial charge < -0.3 is 10.5 Å². The second-order valence-corrected chi connectivity index (χ2v) is 4.80. The van der Waals surface area contributed by atoms with Gasteiger partial charge in [0.05, 0.1) is 7.11 Å². The van der Waals surface area contributed by atoms with E-state index in [-0.39, 0.29) is 6.04 Å². The van der Waals surface area contributed by atoms with Crippen molar-refractivity contribution in [3.63, 3.8) is 0 Å². The number of ether oxygens (including phenoxy) is 1. The summed E-state index contributed by atoms with van der Waals surface area (Å²) >= 11 is 0. The van der Waals surface area contributed by atoms with Gasteiger partial charge in [0.25, 0.3) is 0 Å². The molecule has 0 radical (unpaired) electrons. The minimum absolute atomic E-state index is 0.147. The van der Waals surface area contributed by atoms with Gasteiger partial charge in [-0.1, -0.05) is 19.9 Å². The minimum Gasteiger partial charge on any atom is -0.497 e. The Morgan fingerprint density at radius 3 is 2.44 bits per heavy atom. The van der Waals surface area contributed by atoms with Crippen molar-refractivity contribution in [1.82, 2.24) is 0 Å². The average molecular weight is 221 g/mol. The Hall–Kier alpha value is -1.02. The van der Waals surface area contributed by atoms with E-state index in [9.17, 15) is 0 Å². The van der Waals surface area contributed by atoms with Gasteiger partial charge in [-0.15, -0.1) is 0 Å². The third-order valence-corrected chi connectivity index (χ3v) is 2.93. The molecule has 0 aliphatic heterocycles. The SMILES string of the molecule is COc1ccc([C@@H](N)CCC(C)C)c(C)c1. The molecule has 90 valence electrons. The first kappa shape index (κ1) is 13.0. The Morgan fingerprint density at radius 1 is 1.25 bits per heavy atom. The van der Waals surface area contributed by atoms with Crippen molar-refractivity contribution in [1.29, 1.82) is 0 Å². The van der Waals surface area contributed by atoms with Gasteiger partial charge in [-0.05, 0) is 48.9 Å². The summed E-state index contributed by atoms with van der Waals surface area (Å²) in [6.45, 7) is 6.55. The van der Waals surface area contributed by atoms with Gasteiger partial charge >= 0.3 is 0 Å². The lowest BCUT2D eigenvalue weighted by Crippen LogP contribution is -2.12. The molecular weight excluding hydrogens is 198 g/mol. The summed E-state index contributed by atoms with van der Waals surface area (Å²) in [6, 6.07) is 6.26. The molecular formula is C14H23NO. The number of hydrogen-bond donors (Lipinski definition) is 1. The highest BCUT2D eigenvalue weighted by molar-refractivity contribution is 5.36. The fraction of sp³-hybridized carbons (Fsp3) is 0.571. The lowest BCUT2D eigenvalue weighted by molar-refractivity contribution is 0.414. The topological polar surface area (TPSA) is 35.2 Å². The second kappa shape index (κ2) is 5.90. The van der Waals surface area contributed by atoms with Crippen LogP contribution in [0.4, 0.5) is 0 Å². The van der Waals surface area contributed by atoms with E-state index in [1.165, 1.54) is 17.5 Å².